The Morgan fingerprint density at radius 3 is 2.58 bits per heavy atom. The third kappa shape index (κ3) is 2.73. The summed E-state index contributed by atoms with van der Waals surface area (Å²) in [6.07, 6.45) is 7.41. The van der Waals surface area contributed by atoms with Crippen LogP contribution in [0.3, 0.4) is 0 Å². The minimum absolute atomic E-state index is 0.0430. The highest BCUT2D eigenvalue weighted by Gasteiger charge is 2.43. The lowest BCUT2D eigenvalue weighted by Crippen LogP contribution is -2.46. The molecule has 2 heterocycles. The molecular weight excluding hydrogens is 240 g/mol. The summed E-state index contributed by atoms with van der Waals surface area (Å²) in [5, 5.41) is 0. The Bertz CT molecular complexity index is 327. The molecule has 0 aromatic rings. The second-order valence-electron chi connectivity index (χ2n) is 6.75. The molecule has 108 valence electrons. The van der Waals surface area contributed by atoms with E-state index in [1.54, 1.807) is 0 Å². The maximum absolute atomic E-state index is 12.7. The van der Waals surface area contributed by atoms with Crippen LogP contribution in [0.25, 0.3) is 0 Å². The van der Waals surface area contributed by atoms with Crippen molar-refractivity contribution in [2.45, 2.75) is 57.5 Å². The zero-order valence-corrected chi connectivity index (χ0v) is 12.0. The van der Waals surface area contributed by atoms with Crippen LogP contribution in [0, 0.1) is 17.8 Å². The summed E-state index contributed by atoms with van der Waals surface area (Å²) in [6.45, 7) is 4.60. The summed E-state index contributed by atoms with van der Waals surface area (Å²) < 4.78 is 11.5. The Balaban J connectivity index is 1.65. The van der Waals surface area contributed by atoms with Crippen molar-refractivity contribution in [1.82, 2.24) is 0 Å². The van der Waals surface area contributed by atoms with Gasteiger partial charge in [0.25, 0.3) is 0 Å². The van der Waals surface area contributed by atoms with Gasteiger partial charge >= 0.3 is 0 Å². The minimum atomic E-state index is -0.0430. The van der Waals surface area contributed by atoms with Crippen molar-refractivity contribution in [2.75, 3.05) is 19.8 Å². The van der Waals surface area contributed by atoms with E-state index < -0.39 is 0 Å². The van der Waals surface area contributed by atoms with Crippen molar-refractivity contribution in [3.05, 3.63) is 0 Å². The zero-order chi connectivity index (χ0) is 13.3. The minimum Gasteiger partial charge on any atom is -0.381 e. The third-order valence-electron chi connectivity index (χ3n) is 5.53. The maximum Gasteiger partial charge on any atom is 0.139 e. The lowest BCUT2D eigenvalue weighted by molar-refractivity contribution is -0.159. The Morgan fingerprint density at radius 2 is 1.89 bits per heavy atom. The van der Waals surface area contributed by atoms with Gasteiger partial charge in [-0.1, -0.05) is 13.3 Å². The molecule has 0 radical (unpaired) electrons. The molecule has 0 aromatic heterocycles. The molecule has 3 rings (SSSR count). The van der Waals surface area contributed by atoms with E-state index in [2.05, 4.69) is 6.92 Å². The van der Waals surface area contributed by atoms with E-state index >= 15 is 0 Å². The second kappa shape index (κ2) is 5.53. The molecule has 0 N–H and O–H groups in total. The number of carbonyl (C=O) groups is 1. The molecule has 3 aliphatic rings. The highest BCUT2D eigenvalue weighted by molar-refractivity contribution is 5.84. The number of ether oxygens (including phenoxy) is 2. The van der Waals surface area contributed by atoms with Crippen LogP contribution in [-0.2, 0) is 14.3 Å². The first kappa shape index (κ1) is 13.6. The Hall–Kier alpha value is -0.410. The van der Waals surface area contributed by atoms with Gasteiger partial charge in [0.2, 0.25) is 0 Å². The van der Waals surface area contributed by atoms with Crippen molar-refractivity contribution >= 4 is 5.78 Å². The maximum atomic E-state index is 12.7. The number of ketones is 1. The molecule has 2 saturated heterocycles. The number of hydrogen-bond donors (Lipinski definition) is 0. The SMILES string of the molecule is CC1CCCC1C(=O)C1CCOC2(CCOCC2)C1. The van der Waals surface area contributed by atoms with Crippen molar-refractivity contribution in [1.29, 1.82) is 0 Å². The van der Waals surface area contributed by atoms with Crippen LogP contribution >= 0.6 is 0 Å². The first-order chi connectivity index (χ1) is 9.20. The van der Waals surface area contributed by atoms with Crippen LogP contribution in [0.2, 0.25) is 0 Å². The van der Waals surface area contributed by atoms with E-state index in [9.17, 15) is 4.79 Å². The molecule has 0 aromatic carbocycles. The molecular formula is C16H26O3. The fourth-order valence-corrected chi connectivity index (χ4v) is 4.23. The standard InChI is InChI=1S/C16H26O3/c1-12-3-2-4-14(12)15(17)13-5-8-19-16(11-13)6-9-18-10-7-16/h12-14H,2-11H2,1H3. The summed E-state index contributed by atoms with van der Waals surface area (Å²) >= 11 is 0. The molecule has 19 heavy (non-hydrogen) atoms. The third-order valence-corrected chi connectivity index (χ3v) is 5.53. The number of hydrogen-bond acceptors (Lipinski definition) is 3. The topological polar surface area (TPSA) is 35.5 Å². The van der Waals surface area contributed by atoms with Gasteiger partial charge in [-0.3, -0.25) is 4.79 Å². The van der Waals surface area contributed by atoms with Crippen LogP contribution in [0.1, 0.15) is 51.9 Å². The molecule has 3 fully saturated rings. The quantitative estimate of drug-likeness (QED) is 0.771. The van der Waals surface area contributed by atoms with E-state index in [4.69, 9.17) is 9.47 Å². The Labute approximate surface area is 116 Å². The largest absolute Gasteiger partial charge is 0.381 e. The molecule has 1 saturated carbocycles. The predicted octanol–water partition coefficient (Wildman–Crippen LogP) is 2.97. The molecule has 2 aliphatic heterocycles. The first-order valence-corrected chi connectivity index (χ1v) is 7.96. The number of Topliss-reactive ketones (excluding diaryl/α,β-unsaturated/α-hetero) is 1. The Morgan fingerprint density at radius 1 is 1.11 bits per heavy atom. The highest BCUT2D eigenvalue weighted by Crippen LogP contribution is 2.41. The van der Waals surface area contributed by atoms with E-state index in [1.807, 2.05) is 0 Å². The van der Waals surface area contributed by atoms with Gasteiger partial charge in [0.1, 0.15) is 5.78 Å². The van der Waals surface area contributed by atoms with Crippen LogP contribution in [0.5, 0.6) is 0 Å². The first-order valence-electron chi connectivity index (χ1n) is 7.96. The van der Waals surface area contributed by atoms with E-state index in [1.165, 1.54) is 12.8 Å². The average Bonchev–Trinajstić information content (AvgIpc) is 2.85. The van der Waals surface area contributed by atoms with Crippen molar-refractivity contribution in [3.8, 4) is 0 Å². The van der Waals surface area contributed by atoms with E-state index in [0.29, 0.717) is 17.6 Å². The van der Waals surface area contributed by atoms with Crippen molar-refractivity contribution in [3.63, 3.8) is 0 Å². The Kier molecular flexibility index (Phi) is 3.95. The average molecular weight is 266 g/mol. The van der Waals surface area contributed by atoms with E-state index in [-0.39, 0.29) is 11.5 Å². The van der Waals surface area contributed by atoms with Crippen LogP contribution in [0.15, 0.2) is 0 Å². The molecule has 0 amide bonds. The van der Waals surface area contributed by atoms with Gasteiger partial charge in [0.05, 0.1) is 5.60 Å². The van der Waals surface area contributed by atoms with Crippen LogP contribution < -0.4 is 0 Å². The van der Waals surface area contributed by atoms with Gasteiger partial charge < -0.3 is 9.47 Å². The van der Waals surface area contributed by atoms with Gasteiger partial charge in [-0.15, -0.1) is 0 Å². The fraction of sp³-hybridized carbons (Fsp3) is 0.938. The summed E-state index contributed by atoms with van der Waals surface area (Å²) in [5.74, 6) is 1.72. The van der Waals surface area contributed by atoms with Gasteiger partial charge in [-0.2, -0.15) is 0 Å². The zero-order valence-electron chi connectivity index (χ0n) is 12.0. The molecule has 1 aliphatic carbocycles. The molecule has 1 spiro atoms. The van der Waals surface area contributed by atoms with Gasteiger partial charge in [0.15, 0.2) is 0 Å². The monoisotopic (exact) mass is 266 g/mol. The number of carbonyl (C=O) groups excluding carboxylic acids is 1. The van der Waals surface area contributed by atoms with E-state index in [0.717, 1.165) is 51.9 Å². The summed E-state index contributed by atoms with van der Waals surface area (Å²) in [4.78, 5) is 12.7. The molecule has 3 heteroatoms. The molecule has 3 unspecified atom stereocenters. The smallest absolute Gasteiger partial charge is 0.139 e. The summed E-state index contributed by atoms with van der Waals surface area (Å²) in [7, 11) is 0. The van der Waals surface area contributed by atoms with Crippen molar-refractivity contribution < 1.29 is 14.3 Å². The highest BCUT2D eigenvalue weighted by atomic mass is 16.5. The van der Waals surface area contributed by atoms with Crippen molar-refractivity contribution in [2.24, 2.45) is 17.8 Å². The fourth-order valence-electron chi connectivity index (χ4n) is 4.23. The lowest BCUT2D eigenvalue weighted by atomic mass is 9.75. The van der Waals surface area contributed by atoms with Crippen LogP contribution in [-0.4, -0.2) is 31.2 Å². The summed E-state index contributed by atoms with van der Waals surface area (Å²) in [6, 6.07) is 0. The second-order valence-corrected chi connectivity index (χ2v) is 6.75. The molecule has 3 atom stereocenters. The normalized spacial score (nSPS) is 38.5. The lowest BCUT2D eigenvalue weighted by Gasteiger charge is -2.43. The summed E-state index contributed by atoms with van der Waals surface area (Å²) in [5.41, 5.74) is -0.0430. The molecule has 0 bridgehead atoms. The molecule has 3 nitrogen and oxygen atoms in total. The number of rotatable bonds is 2. The predicted molar refractivity (Wildman–Crippen MR) is 73.0 cm³/mol. The van der Waals surface area contributed by atoms with Crippen LogP contribution in [0.4, 0.5) is 0 Å². The van der Waals surface area contributed by atoms with Gasteiger partial charge in [0, 0.05) is 31.7 Å². The van der Waals surface area contributed by atoms with Gasteiger partial charge in [-0.25, -0.2) is 0 Å². The van der Waals surface area contributed by atoms with Gasteiger partial charge in [-0.05, 0) is 44.4 Å².